The number of hydrogen-bond donors (Lipinski definition) is 1. The van der Waals surface area contributed by atoms with Gasteiger partial charge in [0.25, 0.3) is 0 Å². The van der Waals surface area contributed by atoms with Crippen molar-refractivity contribution >= 4 is 44.8 Å². The summed E-state index contributed by atoms with van der Waals surface area (Å²) in [6.07, 6.45) is 1.88. The molecule has 2 aromatic carbocycles. The van der Waals surface area contributed by atoms with Crippen molar-refractivity contribution in [1.29, 1.82) is 0 Å². The van der Waals surface area contributed by atoms with Crippen LogP contribution in [-0.4, -0.2) is 27.8 Å². The quantitative estimate of drug-likeness (QED) is 0.813. The largest absolute Gasteiger partial charge is 0.340 e. The molecule has 0 fully saturated rings. The highest BCUT2D eigenvalue weighted by Crippen LogP contribution is 2.48. The molecule has 0 saturated carbocycles. The molecule has 122 valence electrons. The van der Waals surface area contributed by atoms with E-state index in [1.165, 1.54) is 11.2 Å². The van der Waals surface area contributed by atoms with E-state index in [-0.39, 0.29) is 0 Å². The highest BCUT2D eigenvalue weighted by atomic mass is 35.5. The molecule has 0 atom stereocenters. The maximum Gasteiger partial charge on any atom is 0.208 e. The van der Waals surface area contributed by atoms with E-state index in [4.69, 9.17) is 11.6 Å². The van der Waals surface area contributed by atoms with Crippen LogP contribution in [0.2, 0.25) is 5.02 Å². The second-order valence-electron chi connectivity index (χ2n) is 5.35. The normalized spacial score (nSPS) is 13.6. The smallest absolute Gasteiger partial charge is 0.208 e. The van der Waals surface area contributed by atoms with Crippen LogP contribution < -0.4 is 9.62 Å². The SMILES string of the molecule is CS(=O)(=O)NCCCN1c2ccccc2Sc2ccc(Cl)cc21. The third-order valence-electron chi connectivity index (χ3n) is 3.51. The van der Waals surface area contributed by atoms with Gasteiger partial charge in [-0.05, 0) is 36.8 Å². The van der Waals surface area contributed by atoms with Gasteiger partial charge < -0.3 is 4.90 Å². The summed E-state index contributed by atoms with van der Waals surface area (Å²) in [5, 5.41) is 0.697. The molecule has 4 nitrogen and oxygen atoms in total. The molecule has 0 radical (unpaired) electrons. The molecule has 1 aliphatic heterocycles. The van der Waals surface area contributed by atoms with Crippen LogP contribution in [0.1, 0.15) is 6.42 Å². The summed E-state index contributed by atoms with van der Waals surface area (Å²) in [4.78, 5) is 4.55. The molecule has 1 heterocycles. The highest BCUT2D eigenvalue weighted by Gasteiger charge is 2.23. The van der Waals surface area contributed by atoms with Crippen LogP contribution in [0.4, 0.5) is 11.4 Å². The van der Waals surface area contributed by atoms with Gasteiger partial charge in [0.05, 0.1) is 17.6 Å². The summed E-state index contributed by atoms with van der Waals surface area (Å²) >= 11 is 7.89. The maximum atomic E-state index is 11.2. The van der Waals surface area contributed by atoms with Gasteiger partial charge in [0.2, 0.25) is 10.0 Å². The molecule has 0 aromatic heterocycles. The summed E-state index contributed by atoms with van der Waals surface area (Å²) in [6, 6.07) is 14.1. The lowest BCUT2D eigenvalue weighted by Gasteiger charge is -2.33. The second kappa shape index (κ2) is 6.73. The molecule has 0 bridgehead atoms. The minimum absolute atomic E-state index is 0.417. The average Bonchev–Trinajstić information content (AvgIpc) is 2.50. The summed E-state index contributed by atoms with van der Waals surface area (Å²) in [5.74, 6) is 0. The monoisotopic (exact) mass is 368 g/mol. The molecule has 0 aliphatic carbocycles. The Morgan fingerprint density at radius 2 is 1.87 bits per heavy atom. The van der Waals surface area contributed by atoms with E-state index in [2.05, 4.69) is 21.8 Å². The zero-order valence-electron chi connectivity index (χ0n) is 12.6. The molecule has 3 rings (SSSR count). The van der Waals surface area contributed by atoms with E-state index in [9.17, 15) is 8.42 Å². The van der Waals surface area contributed by atoms with Gasteiger partial charge in [-0.1, -0.05) is 35.5 Å². The number of para-hydroxylation sites is 1. The van der Waals surface area contributed by atoms with E-state index < -0.39 is 10.0 Å². The van der Waals surface area contributed by atoms with Crippen LogP contribution in [0.3, 0.4) is 0 Å². The van der Waals surface area contributed by atoms with Crippen LogP contribution in [0.5, 0.6) is 0 Å². The molecule has 2 aromatic rings. The Labute approximate surface area is 145 Å². The van der Waals surface area contributed by atoms with Crippen molar-refractivity contribution in [2.75, 3.05) is 24.2 Å². The number of fused-ring (bicyclic) bond motifs is 2. The van der Waals surface area contributed by atoms with Gasteiger partial charge in [-0.15, -0.1) is 0 Å². The lowest BCUT2D eigenvalue weighted by Crippen LogP contribution is -2.28. The Balaban J connectivity index is 1.85. The minimum Gasteiger partial charge on any atom is -0.340 e. The van der Waals surface area contributed by atoms with Gasteiger partial charge in [-0.25, -0.2) is 13.1 Å². The number of nitrogens with one attached hydrogen (secondary N) is 1. The number of benzene rings is 2. The molecule has 0 unspecified atom stereocenters. The molecule has 0 spiro atoms. The van der Waals surface area contributed by atoms with Gasteiger partial charge in [-0.2, -0.15) is 0 Å². The Hall–Kier alpha value is -1.21. The molecular formula is C16H17ClN2O2S2. The van der Waals surface area contributed by atoms with Gasteiger partial charge in [0.15, 0.2) is 0 Å². The van der Waals surface area contributed by atoms with Crippen LogP contribution in [0, 0.1) is 0 Å². The Bertz CT molecular complexity index is 825. The standard InChI is InChI=1S/C16H17ClN2O2S2/c1-23(20,21)18-9-4-10-19-13-5-2-3-6-15(13)22-16-8-7-12(17)11-14(16)19/h2-3,5-8,11,18H,4,9-10H2,1H3. The summed E-state index contributed by atoms with van der Waals surface area (Å²) < 4.78 is 24.9. The Morgan fingerprint density at radius 1 is 1.13 bits per heavy atom. The Morgan fingerprint density at radius 3 is 2.65 bits per heavy atom. The average molecular weight is 369 g/mol. The van der Waals surface area contributed by atoms with Gasteiger partial charge >= 0.3 is 0 Å². The molecule has 7 heteroatoms. The van der Waals surface area contributed by atoms with E-state index in [0.717, 1.165) is 16.3 Å². The zero-order chi connectivity index (χ0) is 16.4. The fraction of sp³-hybridized carbons (Fsp3) is 0.250. The lowest BCUT2D eigenvalue weighted by molar-refractivity contribution is 0.585. The number of rotatable bonds is 5. The summed E-state index contributed by atoms with van der Waals surface area (Å²) in [7, 11) is -3.15. The number of hydrogen-bond acceptors (Lipinski definition) is 4. The zero-order valence-corrected chi connectivity index (χ0v) is 15.0. The summed E-state index contributed by atoms with van der Waals surface area (Å²) in [5.41, 5.74) is 2.20. The number of halogens is 1. The van der Waals surface area contributed by atoms with Crippen molar-refractivity contribution in [2.24, 2.45) is 0 Å². The first-order valence-electron chi connectivity index (χ1n) is 7.23. The van der Waals surface area contributed by atoms with E-state index >= 15 is 0 Å². The van der Waals surface area contributed by atoms with Crippen molar-refractivity contribution in [2.45, 2.75) is 16.2 Å². The van der Waals surface area contributed by atoms with Crippen molar-refractivity contribution in [1.82, 2.24) is 4.72 Å². The third kappa shape index (κ3) is 4.01. The molecule has 1 aliphatic rings. The Kier molecular flexibility index (Phi) is 4.87. The molecule has 0 saturated heterocycles. The highest BCUT2D eigenvalue weighted by molar-refractivity contribution is 7.99. The van der Waals surface area contributed by atoms with Crippen LogP contribution >= 0.6 is 23.4 Å². The maximum absolute atomic E-state index is 11.2. The first-order valence-corrected chi connectivity index (χ1v) is 10.3. The molecular weight excluding hydrogens is 352 g/mol. The van der Waals surface area contributed by atoms with Crippen molar-refractivity contribution in [3.8, 4) is 0 Å². The first kappa shape index (κ1) is 16.6. The predicted octanol–water partition coefficient (Wildman–Crippen LogP) is 3.88. The number of sulfonamides is 1. The molecule has 23 heavy (non-hydrogen) atoms. The third-order valence-corrected chi connectivity index (χ3v) is 5.60. The van der Waals surface area contributed by atoms with Crippen molar-refractivity contribution < 1.29 is 8.42 Å². The topological polar surface area (TPSA) is 49.4 Å². The lowest BCUT2D eigenvalue weighted by atomic mass is 10.2. The summed E-state index contributed by atoms with van der Waals surface area (Å²) in [6.45, 7) is 1.13. The van der Waals surface area contributed by atoms with E-state index in [1.807, 2.05) is 30.3 Å². The van der Waals surface area contributed by atoms with Crippen molar-refractivity contribution in [3.05, 3.63) is 47.5 Å². The van der Waals surface area contributed by atoms with E-state index in [0.29, 0.717) is 24.5 Å². The second-order valence-corrected chi connectivity index (χ2v) is 8.71. The fourth-order valence-corrected chi connectivity index (χ4v) is 4.30. The number of anilines is 2. The molecule has 1 N–H and O–H groups in total. The van der Waals surface area contributed by atoms with Crippen LogP contribution in [0.25, 0.3) is 0 Å². The van der Waals surface area contributed by atoms with Crippen LogP contribution in [-0.2, 0) is 10.0 Å². The van der Waals surface area contributed by atoms with Crippen LogP contribution in [0.15, 0.2) is 52.3 Å². The van der Waals surface area contributed by atoms with E-state index in [1.54, 1.807) is 11.8 Å². The van der Waals surface area contributed by atoms with Gasteiger partial charge in [0.1, 0.15) is 0 Å². The number of nitrogens with zero attached hydrogens (tertiary/aromatic N) is 1. The molecule has 0 amide bonds. The first-order chi connectivity index (χ1) is 10.9. The fourth-order valence-electron chi connectivity index (χ4n) is 2.54. The predicted molar refractivity (Wildman–Crippen MR) is 96.5 cm³/mol. The van der Waals surface area contributed by atoms with Crippen molar-refractivity contribution in [3.63, 3.8) is 0 Å². The van der Waals surface area contributed by atoms with Gasteiger partial charge in [0, 0.05) is 27.9 Å². The van der Waals surface area contributed by atoms with Gasteiger partial charge in [-0.3, -0.25) is 0 Å². The minimum atomic E-state index is -3.15.